The largest absolute Gasteiger partial charge is 0.444 e. The lowest BCUT2D eigenvalue weighted by molar-refractivity contribution is -0.384. The van der Waals surface area contributed by atoms with Gasteiger partial charge in [0.2, 0.25) is 5.91 Å². The Bertz CT molecular complexity index is 1210. The van der Waals surface area contributed by atoms with Crippen molar-refractivity contribution in [3.05, 3.63) is 52.6 Å². The number of imidazole rings is 1. The highest BCUT2D eigenvalue weighted by atomic mass is 16.6. The fourth-order valence-corrected chi connectivity index (χ4v) is 3.76. The van der Waals surface area contributed by atoms with Gasteiger partial charge in [-0.1, -0.05) is 0 Å². The van der Waals surface area contributed by atoms with Crippen molar-refractivity contribution in [2.24, 2.45) is 0 Å². The normalized spacial score (nSPS) is 16.1. The second kappa shape index (κ2) is 8.53. The van der Waals surface area contributed by atoms with Gasteiger partial charge in [0.1, 0.15) is 17.5 Å². The Labute approximate surface area is 190 Å². The Balaban J connectivity index is 1.45. The number of carbonyl (C=O) groups excluding carboxylic acids is 2. The van der Waals surface area contributed by atoms with E-state index in [-0.39, 0.29) is 11.6 Å². The average molecular weight is 451 g/mol. The predicted molar refractivity (Wildman–Crippen MR) is 123 cm³/mol. The smallest absolute Gasteiger partial charge is 0.410 e. The molecule has 3 aromatic rings. The summed E-state index contributed by atoms with van der Waals surface area (Å²) in [7, 11) is 0. The monoisotopic (exact) mass is 451 g/mol. The Morgan fingerprint density at radius 1 is 1.21 bits per heavy atom. The number of fused-ring (bicyclic) bond motifs is 1. The number of nitro benzene ring substituents is 1. The summed E-state index contributed by atoms with van der Waals surface area (Å²) in [6, 6.07) is 11.0. The zero-order valence-corrected chi connectivity index (χ0v) is 18.6. The molecule has 33 heavy (non-hydrogen) atoms. The van der Waals surface area contributed by atoms with Gasteiger partial charge in [-0.25, -0.2) is 9.78 Å². The SMILES string of the molecule is CC(C)(C)OC(=O)N1CCC[C@H]1C(=O)Nc1ccc(-c2nc3ccc([N+](=O)[O-])cc3[nH]2)cc1. The van der Waals surface area contributed by atoms with Crippen LogP contribution in [-0.2, 0) is 9.53 Å². The Kier molecular flexibility index (Phi) is 5.75. The topological polar surface area (TPSA) is 130 Å². The van der Waals surface area contributed by atoms with Crippen LogP contribution >= 0.6 is 0 Å². The summed E-state index contributed by atoms with van der Waals surface area (Å²) in [5, 5.41) is 13.8. The first-order valence-corrected chi connectivity index (χ1v) is 10.7. The number of non-ortho nitro benzene ring substituents is 1. The summed E-state index contributed by atoms with van der Waals surface area (Å²) in [5.41, 5.74) is 1.91. The number of benzene rings is 2. The fourth-order valence-electron chi connectivity index (χ4n) is 3.76. The van der Waals surface area contributed by atoms with E-state index in [2.05, 4.69) is 15.3 Å². The number of nitrogens with one attached hydrogen (secondary N) is 2. The average Bonchev–Trinajstić information content (AvgIpc) is 3.39. The number of amides is 2. The number of aromatic amines is 1. The zero-order chi connectivity index (χ0) is 23.8. The Morgan fingerprint density at radius 3 is 2.61 bits per heavy atom. The van der Waals surface area contributed by atoms with Crippen LogP contribution in [0.2, 0.25) is 0 Å². The van der Waals surface area contributed by atoms with Crippen molar-refractivity contribution in [2.75, 3.05) is 11.9 Å². The fraction of sp³-hybridized carbons (Fsp3) is 0.348. The molecule has 10 heteroatoms. The first-order chi connectivity index (χ1) is 15.6. The Hall–Kier alpha value is -3.95. The highest BCUT2D eigenvalue weighted by molar-refractivity contribution is 5.97. The van der Waals surface area contributed by atoms with Crippen LogP contribution in [0.25, 0.3) is 22.4 Å². The molecule has 0 spiro atoms. The number of rotatable bonds is 4. The van der Waals surface area contributed by atoms with Crippen LogP contribution in [0.5, 0.6) is 0 Å². The predicted octanol–water partition coefficient (Wildman–Crippen LogP) is 4.48. The lowest BCUT2D eigenvalue weighted by Gasteiger charge is -2.28. The summed E-state index contributed by atoms with van der Waals surface area (Å²) in [5.74, 6) is 0.303. The first-order valence-electron chi connectivity index (χ1n) is 10.7. The number of hydrogen-bond acceptors (Lipinski definition) is 6. The third-order valence-electron chi connectivity index (χ3n) is 5.29. The number of nitro groups is 1. The number of hydrogen-bond donors (Lipinski definition) is 2. The maximum absolute atomic E-state index is 12.8. The molecule has 10 nitrogen and oxygen atoms in total. The zero-order valence-electron chi connectivity index (χ0n) is 18.6. The number of aromatic nitrogens is 2. The molecule has 1 aromatic heterocycles. The van der Waals surface area contributed by atoms with Crippen molar-refractivity contribution in [2.45, 2.75) is 45.3 Å². The number of ether oxygens (including phenoxy) is 1. The van der Waals surface area contributed by atoms with Gasteiger partial charge in [-0.05, 0) is 63.9 Å². The molecule has 1 aliphatic rings. The van der Waals surface area contributed by atoms with E-state index >= 15 is 0 Å². The second-order valence-corrected chi connectivity index (χ2v) is 8.94. The van der Waals surface area contributed by atoms with Gasteiger partial charge in [-0.15, -0.1) is 0 Å². The van der Waals surface area contributed by atoms with E-state index in [4.69, 9.17) is 4.74 Å². The van der Waals surface area contributed by atoms with Gasteiger partial charge in [-0.3, -0.25) is 19.8 Å². The molecule has 2 heterocycles. The number of H-pyrrole nitrogens is 1. The van der Waals surface area contributed by atoms with E-state index in [1.54, 1.807) is 51.1 Å². The van der Waals surface area contributed by atoms with Crippen LogP contribution in [0, 0.1) is 10.1 Å². The molecule has 2 N–H and O–H groups in total. The van der Waals surface area contributed by atoms with Crippen molar-refractivity contribution in [1.29, 1.82) is 0 Å². The van der Waals surface area contributed by atoms with Gasteiger partial charge >= 0.3 is 6.09 Å². The quantitative estimate of drug-likeness (QED) is 0.444. The highest BCUT2D eigenvalue weighted by Crippen LogP contribution is 2.26. The minimum Gasteiger partial charge on any atom is -0.444 e. The summed E-state index contributed by atoms with van der Waals surface area (Å²) >= 11 is 0. The van der Waals surface area contributed by atoms with Crippen LogP contribution in [0.15, 0.2) is 42.5 Å². The van der Waals surface area contributed by atoms with Gasteiger partial charge in [0, 0.05) is 29.9 Å². The molecule has 1 fully saturated rings. The van der Waals surface area contributed by atoms with Crippen LogP contribution in [0.1, 0.15) is 33.6 Å². The second-order valence-electron chi connectivity index (χ2n) is 8.94. The minimum atomic E-state index is -0.627. The van der Waals surface area contributed by atoms with Gasteiger partial charge in [-0.2, -0.15) is 0 Å². The third kappa shape index (κ3) is 4.94. The first kappa shape index (κ1) is 22.3. The van der Waals surface area contributed by atoms with Gasteiger partial charge in [0.05, 0.1) is 16.0 Å². The van der Waals surface area contributed by atoms with Crippen LogP contribution < -0.4 is 5.32 Å². The van der Waals surface area contributed by atoms with E-state index < -0.39 is 22.7 Å². The summed E-state index contributed by atoms with van der Waals surface area (Å²) < 4.78 is 5.42. The summed E-state index contributed by atoms with van der Waals surface area (Å²) in [6.07, 6.45) is 0.829. The molecule has 0 saturated carbocycles. The standard InChI is InChI=1S/C23H25N5O5/c1-23(2,3)33-22(30)27-12-4-5-19(27)21(29)24-15-8-6-14(7-9-15)20-25-17-11-10-16(28(31)32)13-18(17)26-20/h6-11,13,19H,4-5,12H2,1-3H3,(H,24,29)(H,25,26)/t19-/m0/s1. The van der Waals surface area contributed by atoms with E-state index in [9.17, 15) is 19.7 Å². The van der Waals surface area contributed by atoms with Crippen LogP contribution in [0.4, 0.5) is 16.2 Å². The van der Waals surface area contributed by atoms with Crippen molar-refractivity contribution in [3.8, 4) is 11.4 Å². The van der Waals surface area contributed by atoms with Crippen LogP contribution in [0.3, 0.4) is 0 Å². The van der Waals surface area contributed by atoms with E-state index in [1.165, 1.54) is 17.0 Å². The molecule has 1 aliphatic heterocycles. The van der Waals surface area contributed by atoms with Crippen molar-refractivity contribution >= 4 is 34.4 Å². The number of nitrogens with zero attached hydrogens (tertiary/aromatic N) is 3. The molecule has 2 amide bonds. The maximum atomic E-state index is 12.8. The van der Waals surface area contributed by atoms with Gasteiger partial charge in [0.15, 0.2) is 0 Å². The van der Waals surface area contributed by atoms with E-state index in [1.807, 2.05) is 0 Å². The summed E-state index contributed by atoms with van der Waals surface area (Å²) in [4.78, 5) is 44.8. The van der Waals surface area contributed by atoms with Crippen molar-refractivity contribution in [3.63, 3.8) is 0 Å². The van der Waals surface area contributed by atoms with Crippen molar-refractivity contribution < 1.29 is 19.2 Å². The molecule has 0 aliphatic carbocycles. The third-order valence-corrected chi connectivity index (χ3v) is 5.29. The van der Waals surface area contributed by atoms with Crippen molar-refractivity contribution in [1.82, 2.24) is 14.9 Å². The molecule has 0 radical (unpaired) electrons. The van der Waals surface area contributed by atoms with E-state index in [0.29, 0.717) is 35.5 Å². The lowest BCUT2D eigenvalue weighted by Crippen LogP contribution is -2.45. The molecule has 0 bridgehead atoms. The van der Waals surface area contributed by atoms with Gasteiger partial charge in [0.25, 0.3) is 5.69 Å². The molecular weight excluding hydrogens is 426 g/mol. The maximum Gasteiger partial charge on any atom is 0.410 e. The molecular formula is C23H25N5O5. The molecule has 4 rings (SSSR count). The Morgan fingerprint density at radius 2 is 1.94 bits per heavy atom. The molecule has 172 valence electrons. The molecule has 1 atom stereocenters. The van der Waals surface area contributed by atoms with Crippen LogP contribution in [-0.4, -0.2) is 50.0 Å². The minimum absolute atomic E-state index is 0.0110. The van der Waals surface area contributed by atoms with Gasteiger partial charge < -0.3 is 15.0 Å². The number of carbonyl (C=O) groups is 2. The summed E-state index contributed by atoms with van der Waals surface area (Å²) in [6.45, 7) is 5.86. The lowest BCUT2D eigenvalue weighted by atomic mass is 10.1. The molecule has 1 saturated heterocycles. The number of anilines is 1. The molecule has 2 aromatic carbocycles. The number of likely N-dealkylation sites (tertiary alicyclic amines) is 1. The van der Waals surface area contributed by atoms with E-state index in [0.717, 1.165) is 12.0 Å². The molecule has 0 unspecified atom stereocenters. The highest BCUT2D eigenvalue weighted by Gasteiger charge is 2.36.